The van der Waals surface area contributed by atoms with Crippen molar-refractivity contribution in [3.05, 3.63) is 36.3 Å². The number of halogens is 2. The lowest BCUT2D eigenvalue weighted by atomic mass is 10.2. The number of alkyl halides is 2. The maximum absolute atomic E-state index is 12.6. The number of nitrogens with zero attached hydrogens (tertiary/aromatic N) is 5. The average molecular weight is 333 g/mol. The van der Waals surface area contributed by atoms with Crippen LogP contribution < -0.4 is 4.90 Å². The summed E-state index contributed by atoms with van der Waals surface area (Å²) in [4.78, 5) is 17.5. The van der Waals surface area contributed by atoms with Crippen molar-refractivity contribution >= 4 is 5.82 Å². The highest BCUT2D eigenvalue weighted by Gasteiger charge is 2.20. The summed E-state index contributed by atoms with van der Waals surface area (Å²) in [6.45, 7) is 8.28. The normalized spacial score (nSPS) is 16.2. The Morgan fingerprint density at radius 2 is 1.58 bits per heavy atom. The second-order valence-corrected chi connectivity index (χ2v) is 6.15. The van der Waals surface area contributed by atoms with Gasteiger partial charge in [-0.2, -0.15) is 0 Å². The van der Waals surface area contributed by atoms with Crippen molar-refractivity contribution in [2.24, 2.45) is 0 Å². The number of anilines is 1. The predicted molar refractivity (Wildman–Crippen MR) is 89.1 cm³/mol. The van der Waals surface area contributed by atoms with Gasteiger partial charge in [-0.25, -0.2) is 18.7 Å². The average Bonchev–Trinajstić information content (AvgIpc) is 2.62. The van der Waals surface area contributed by atoms with Crippen LogP contribution in [0.3, 0.4) is 0 Å². The molecule has 0 atom stereocenters. The first-order valence-corrected chi connectivity index (χ1v) is 8.10. The molecular weight excluding hydrogens is 312 g/mol. The molecule has 128 valence electrons. The van der Waals surface area contributed by atoms with Crippen LogP contribution >= 0.6 is 0 Å². The van der Waals surface area contributed by atoms with E-state index in [0.717, 1.165) is 32.0 Å². The highest BCUT2D eigenvalue weighted by molar-refractivity contribution is 5.54. The zero-order valence-electron chi connectivity index (χ0n) is 13.9. The molecule has 5 nitrogen and oxygen atoms in total. The van der Waals surface area contributed by atoms with E-state index in [1.807, 2.05) is 0 Å². The second kappa shape index (κ2) is 7.17. The minimum absolute atomic E-state index is 0.0913. The molecule has 0 bridgehead atoms. The zero-order valence-corrected chi connectivity index (χ0v) is 13.9. The third-order valence-corrected chi connectivity index (χ3v) is 4.31. The molecule has 2 aromatic heterocycles. The minimum Gasteiger partial charge on any atom is -0.353 e. The molecule has 0 aliphatic carbocycles. The smallest absolute Gasteiger partial charge is 0.265 e. The molecule has 0 saturated carbocycles. The van der Waals surface area contributed by atoms with Gasteiger partial charge in [0.2, 0.25) is 0 Å². The van der Waals surface area contributed by atoms with Crippen LogP contribution in [0.4, 0.5) is 14.6 Å². The molecule has 0 unspecified atom stereocenters. The van der Waals surface area contributed by atoms with Crippen LogP contribution in [0.15, 0.2) is 30.7 Å². The summed E-state index contributed by atoms with van der Waals surface area (Å²) in [7, 11) is 0. The van der Waals surface area contributed by atoms with Gasteiger partial charge in [-0.1, -0.05) is 0 Å². The third-order valence-electron chi connectivity index (χ3n) is 4.31. The molecular formula is C17H21F2N5. The highest BCUT2D eigenvalue weighted by Crippen LogP contribution is 2.21. The van der Waals surface area contributed by atoms with Crippen LogP contribution in [0.25, 0.3) is 11.4 Å². The van der Waals surface area contributed by atoms with E-state index >= 15 is 0 Å². The molecule has 0 spiro atoms. The van der Waals surface area contributed by atoms with Crippen molar-refractivity contribution in [3.8, 4) is 11.4 Å². The van der Waals surface area contributed by atoms with Crippen LogP contribution in [-0.2, 0) is 0 Å². The second-order valence-electron chi connectivity index (χ2n) is 6.15. The lowest BCUT2D eigenvalue weighted by Crippen LogP contribution is -2.49. The van der Waals surface area contributed by atoms with Gasteiger partial charge in [-0.05, 0) is 26.0 Å². The molecule has 24 heavy (non-hydrogen) atoms. The molecule has 0 N–H and O–H groups in total. The summed E-state index contributed by atoms with van der Waals surface area (Å²) in [6, 6.07) is 3.48. The largest absolute Gasteiger partial charge is 0.353 e. The quantitative estimate of drug-likeness (QED) is 0.861. The lowest BCUT2D eigenvalue weighted by Gasteiger charge is -2.37. The summed E-state index contributed by atoms with van der Waals surface area (Å²) in [5, 5.41) is 0. The summed E-state index contributed by atoms with van der Waals surface area (Å²) in [5.41, 5.74) is 1.04. The Kier molecular flexibility index (Phi) is 4.99. The fraction of sp³-hybridized carbons (Fsp3) is 0.471. The Hall–Kier alpha value is -2.15. The molecule has 0 aromatic carbocycles. The van der Waals surface area contributed by atoms with Crippen molar-refractivity contribution in [2.75, 3.05) is 31.1 Å². The van der Waals surface area contributed by atoms with Gasteiger partial charge in [0.05, 0.1) is 18.1 Å². The number of aromatic nitrogens is 3. The standard InChI is InChI=1S/C17H21F2N5/c1-12(2)23-5-7-24(8-6-23)16-11-21-15(10-22-16)14-4-3-13(9-20-14)17(18)19/h3-4,9-12,17H,5-8H2,1-2H3. The van der Waals surface area contributed by atoms with Crippen LogP contribution in [0.2, 0.25) is 0 Å². The van der Waals surface area contributed by atoms with E-state index in [2.05, 4.69) is 38.6 Å². The molecule has 0 radical (unpaired) electrons. The SMILES string of the molecule is CC(C)N1CCN(c2cnc(-c3ccc(C(F)F)cn3)cn2)CC1. The minimum atomic E-state index is -2.51. The van der Waals surface area contributed by atoms with Crippen LogP contribution in [-0.4, -0.2) is 52.1 Å². The summed E-state index contributed by atoms with van der Waals surface area (Å²) < 4.78 is 25.1. The van der Waals surface area contributed by atoms with E-state index < -0.39 is 6.43 Å². The maximum Gasteiger partial charge on any atom is 0.265 e. The van der Waals surface area contributed by atoms with Crippen molar-refractivity contribution in [1.82, 2.24) is 19.9 Å². The van der Waals surface area contributed by atoms with Crippen molar-refractivity contribution < 1.29 is 8.78 Å². The topological polar surface area (TPSA) is 45.2 Å². The first kappa shape index (κ1) is 16.7. The van der Waals surface area contributed by atoms with E-state index in [1.54, 1.807) is 18.5 Å². The Morgan fingerprint density at radius 3 is 2.08 bits per heavy atom. The molecule has 3 rings (SSSR count). The summed E-state index contributed by atoms with van der Waals surface area (Å²) in [5.74, 6) is 0.839. The van der Waals surface area contributed by atoms with Crippen LogP contribution in [0.1, 0.15) is 25.8 Å². The predicted octanol–water partition coefficient (Wildman–Crippen LogP) is 3.01. The van der Waals surface area contributed by atoms with E-state index in [-0.39, 0.29) is 5.56 Å². The fourth-order valence-corrected chi connectivity index (χ4v) is 2.77. The molecule has 1 fully saturated rings. The van der Waals surface area contributed by atoms with Crippen LogP contribution in [0, 0.1) is 0 Å². The van der Waals surface area contributed by atoms with Gasteiger partial charge in [0.25, 0.3) is 6.43 Å². The number of hydrogen-bond acceptors (Lipinski definition) is 5. The Balaban J connectivity index is 1.67. The molecule has 0 amide bonds. The van der Waals surface area contributed by atoms with Gasteiger partial charge in [-0.15, -0.1) is 0 Å². The third kappa shape index (κ3) is 3.67. The van der Waals surface area contributed by atoms with Gasteiger partial charge in [0.15, 0.2) is 0 Å². The van der Waals surface area contributed by atoms with E-state index in [0.29, 0.717) is 17.4 Å². The molecule has 3 heterocycles. The molecule has 1 aliphatic rings. The van der Waals surface area contributed by atoms with E-state index in [4.69, 9.17) is 0 Å². The molecule has 1 saturated heterocycles. The first-order chi connectivity index (χ1) is 11.5. The Bertz CT molecular complexity index is 650. The van der Waals surface area contributed by atoms with Crippen molar-refractivity contribution in [2.45, 2.75) is 26.3 Å². The molecule has 2 aromatic rings. The summed E-state index contributed by atoms with van der Waals surface area (Å²) >= 11 is 0. The molecule has 7 heteroatoms. The van der Waals surface area contributed by atoms with Gasteiger partial charge >= 0.3 is 0 Å². The monoisotopic (exact) mass is 333 g/mol. The van der Waals surface area contributed by atoms with E-state index in [1.165, 1.54) is 12.3 Å². The number of pyridine rings is 1. The zero-order chi connectivity index (χ0) is 17.1. The van der Waals surface area contributed by atoms with Crippen LogP contribution in [0.5, 0.6) is 0 Å². The van der Waals surface area contributed by atoms with Gasteiger partial charge in [0.1, 0.15) is 11.5 Å². The summed E-state index contributed by atoms with van der Waals surface area (Å²) in [6.07, 6.45) is 2.04. The van der Waals surface area contributed by atoms with Gasteiger partial charge in [-0.3, -0.25) is 9.88 Å². The van der Waals surface area contributed by atoms with Crippen molar-refractivity contribution in [3.63, 3.8) is 0 Å². The Morgan fingerprint density at radius 1 is 0.875 bits per heavy atom. The first-order valence-electron chi connectivity index (χ1n) is 8.10. The highest BCUT2D eigenvalue weighted by atomic mass is 19.3. The molecule has 1 aliphatic heterocycles. The van der Waals surface area contributed by atoms with Gasteiger partial charge < -0.3 is 4.90 Å². The lowest BCUT2D eigenvalue weighted by molar-refractivity contribution is 0.151. The van der Waals surface area contributed by atoms with Gasteiger partial charge in [0, 0.05) is 44.0 Å². The Labute approximate surface area is 140 Å². The number of piperazine rings is 1. The number of rotatable bonds is 4. The maximum atomic E-state index is 12.6. The number of hydrogen-bond donors (Lipinski definition) is 0. The fourth-order valence-electron chi connectivity index (χ4n) is 2.77. The van der Waals surface area contributed by atoms with E-state index in [9.17, 15) is 8.78 Å². The van der Waals surface area contributed by atoms with Crippen molar-refractivity contribution in [1.29, 1.82) is 0 Å².